The van der Waals surface area contributed by atoms with E-state index >= 15 is 0 Å². The quantitative estimate of drug-likeness (QED) is 0.755. The Labute approximate surface area is 97.9 Å². The summed E-state index contributed by atoms with van der Waals surface area (Å²) in [5.41, 5.74) is 1.92. The van der Waals surface area contributed by atoms with Crippen molar-refractivity contribution in [1.82, 2.24) is 0 Å². The monoisotopic (exact) mass is 229 g/mol. The van der Waals surface area contributed by atoms with Gasteiger partial charge in [0.05, 0.1) is 17.3 Å². The molecule has 1 aliphatic rings. The predicted octanol–water partition coefficient (Wildman–Crippen LogP) is 0.516. The summed E-state index contributed by atoms with van der Waals surface area (Å²) >= 11 is 0. The molecule has 1 aromatic rings. The molecule has 1 unspecified atom stereocenters. The van der Waals surface area contributed by atoms with E-state index in [1.54, 1.807) is 24.3 Å². The van der Waals surface area contributed by atoms with Gasteiger partial charge >= 0.3 is 0 Å². The highest BCUT2D eigenvalue weighted by atomic mass is 16.6. The minimum atomic E-state index is -1.16. The molecule has 0 spiro atoms. The highest BCUT2D eigenvalue weighted by molar-refractivity contribution is 5.98. The first-order chi connectivity index (χ1) is 8.19. The third-order valence-electron chi connectivity index (χ3n) is 2.49. The lowest BCUT2D eigenvalue weighted by Gasteiger charge is -2.08. The average molecular weight is 229 g/mol. The summed E-state index contributed by atoms with van der Waals surface area (Å²) in [6.45, 7) is 0. The van der Waals surface area contributed by atoms with Crippen molar-refractivity contribution >= 4 is 11.7 Å². The third-order valence-corrected chi connectivity index (χ3v) is 2.49. The van der Waals surface area contributed by atoms with Crippen LogP contribution >= 0.6 is 0 Å². The van der Waals surface area contributed by atoms with Crippen molar-refractivity contribution < 1.29 is 14.7 Å². The minimum absolute atomic E-state index is 0.202. The molecular weight excluding hydrogens is 220 g/mol. The Balaban J connectivity index is 2.02. The molecular formula is C12H9N2O3-. The van der Waals surface area contributed by atoms with Gasteiger partial charge in [0, 0.05) is 18.8 Å². The summed E-state index contributed by atoms with van der Waals surface area (Å²) in [6.07, 6.45) is -0.0239. The largest absolute Gasteiger partial charge is 0.550 e. The van der Waals surface area contributed by atoms with Gasteiger partial charge in [-0.15, -0.1) is 0 Å². The molecule has 1 heterocycles. The normalized spacial score (nSPS) is 18.1. The van der Waals surface area contributed by atoms with Gasteiger partial charge in [0.1, 0.15) is 0 Å². The molecule has 1 atom stereocenters. The van der Waals surface area contributed by atoms with E-state index in [4.69, 9.17) is 10.1 Å². The summed E-state index contributed by atoms with van der Waals surface area (Å²) in [5.74, 6) is -1.16. The number of oxime groups is 1. The fourth-order valence-corrected chi connectivity index (χ4v) is 1.65. The van der Waals surface area contributed by atoms with Gasteiger partial charge in [-0.05, 0) is 17.7 Å². The van der Waals surface area contributed by atoms with E-state index in [2.05, 4.69) is 5.16 Å². The van der Waals surface area contributed by atoms with Gasteiger partial charge in [0.25, 0.3) is 0 Å². The van der Waals surface area contributed by atoms with Crippen LogP contribution in [0.1, 0.15) is 30.1 Å². The molecule has 5 nitrogen and oxygen atoms in total. The van der Waals surface area contributed by atoms with Crippen LogP contribution in [0.3, 0.4) is 0 Å². The lowest BCUT2D eigenvalue weighted by molar-refractivity contribution is -0.303. The van der Waals surface area contributed by atoms with Crippen LogP contribution < -0.4 is 5.11 Å². The molecule has 0 aromatic heterocycles. The van der Waals surface area contributed by atoms with Gasteiger partial charge in [-0.3, -0.25) is 0 Å². The van der Waals surface area contributed by atoms with Gasteiger partial charge in [0.15, 0.2) is 6.10 Å². The average Bonchev–Trinajstić information content (AvgIpc) is 2.77. The zero-order valence-electron chi connectivity index (χ0n) is 8.92. The number of hydrogen-bond acceptors (Lipinski definition) is 5. The molecule has 0 N–H and O–H groups in total. The van der Waals surface area contributed by atoms with E-state index in [0.717, 1.165) is 5.56 Å². The number of carboxylic acid groups (broad SMARTS) is 1. The van der Waals surface area contributed by atoms with E-state index in [1.807, 2.05) is 6.07 Å². The Morgan fingerprint density at radius 1 is 1.53 bits per heavy atom. The summed E-state index contributed by atoms with van der Waals surface area (Å²) in [6, 6.07) is 8.96. The lowest BCUT2D eigenvalue weighted by Crippen LogP contribution is -2.24. The second kappa shape index (κ2) is 4.66. The maximum Gasteiger partial charge on any atom is 0.157 e. The van der Waals surface area contributed by atoms with Gasteiger partial charge < -0.3 is 14.7 Å². The Hall–Kier alpha value is -2.35. The van der Waals surface area contributed by atoms with E-state index < -0.39 is 5.97 Å². The van der Waals surface area contributed by atoms with Gasteiger partial charge in [-0.2, -0.15) is 5.26 Å². The molecule has 2 rings (SSSR count). The van der Waals surface area contributed by atoms with Crippen LogP contribution in [0.15, 0.2) is 29.4 Å². The Morgan fingerprint density at radius 2 is 2.24 bits per heavy atom. The highest BCUT2D eigenvalue weighted by Crippen LogP contribution is 2.28. The number of rotatable bonds is 3. The molecule has 1 aromatic carbocycles. The van der Waals surface area contributed by atoms with Crippen LogP contribution in [0.5, 0.6) is 0 Å². The molecule has 1 aliphatic heterocycles. The van der Waals surface area contributed by atoms with Crippen molar-refractivity contribution in [3.05, 3.63) is 35.4 Å². The number of carboxylic acids is 1. The number of carbonyl (C=O) groups is 1. The summed E-state index contributed by atoms with van der Waals surface area (Å²) in [4.78, 5) is 15.5. The summed E-state index contributed by atoms with van der Waals surface area (Å²) in [7, 11) is 0. The molecule has 0 saturated carbocycles. The van der Waals surface area contributed by atoms with Crippen molar-refractivity contribution in [2.75, 3.05) is 0 Å². The van der Waals surface area contributed by atoms with E-state index in [0.29, 0.717) is 17.7 Å². The van der Waals surface area contributed by atoms with Crippen molar-refractivity contribution in [2.45, 2.75) is 18.9 Å². The number of nitriles is 1. The summed E-state index contributed by atoms with van der Waals surface area (Å²) in [5, 5.41) is 22.8. The number of hydrogen-bond donors (Lipinski definition) is 0. The second-order valence-electron chi connectivity index (χ2n) is 3.74. The fraction of sp³-hybridized carbons (Fsp3) is 0.250. The predicted molar refractivity (Wildman–Crippen MR) is 56.7 cm³/mol. The van der Waals surface area contributed by atoms with Crippen LogP contribution in [0.4, 0.5) is 0 Å². The Morgan fingerprint density at radius 3 is 2.82 bits per heavy atom. The SMILES string of the molecule is N#Cc1ccc(C2CC(CC(=O)[O-])=NO2)cc1. The first kappa shape index (κ1) is 11.1. The molecule has 0 amide bonds. The van der Waals surface area contributed by atoms with Crippen molar-refractivity contribution in [1.29, 1.82) is 5.26 Å². The molecule has 5 heteroatoms. The lowest BCUT2D eigenvalue weighted by atomic mass is 10.0. The molecule has 86 valence electrons. The van der Waals surface area contributed by atoms with Crippen LogP contribution in [-0.2, 0) is 9.63 Å². The van der Waals surface area contributed by atoms with Gasteiger partial charge in [0.2, 0.25) is 0 Å². The summed E-state index contributed by atoms with van der Waals surface area (Å²) < 4.78 is 0. The Kier molecular flexibility index (Phi) is 3.06. The third kappa shape index (κ3) is 2.61. The van der Waals surface area contributed by atoms with Gasteiger partial charge in [-0.25, -0.2) is 0 Å². The molecule has 0 bridgehead atoms. The molecule has 0 radical (unpaired) electrons. The standard InChI is InChI=1S/C12H10N2O3/c13-7-8-1-3-9(4-2-8)11-5-10(14-17-11)6-12(15)16/h1-4,11H,5-6H2,(H,15,16)/p-1. The van der Waals surface area contributed by atoms with Crippen LogP contribution in [0, 0.1) is 11.3 Å². The van der Waals surface area contributed by atoms with Crippen molar-refractivity contribution in [3.8, 4) is 6.07 Å². The van der Waals surface area contributed by atoms with Crippen LogP contribution in [0.2, 0.25) is 0 Å². The molecule has 0 saturated heterocycles. The second-order valence-corrected chi connectivity index (χ2v) is 3.74. The topological polar surface area (TPSA) is 85.5 Å². The number of benzene rings is 1. The maximum absolute atomic E-state index is 10.4. The fourth-order valence-electron chi connectivity index (χ4n) is 1.65. The van der Waals surface area contributed by atoms with E-state index in [9.17, 15) is 9.90 Å². The molecule has 0 fully saturated rings. The highest BCUT2D eigenvalue weighted by Gasteiger charge is 2.22. The number of nitrogens with zero attached hydrogens (tertiary/aromatic N) is 2. The number of aliphatic carboxylic acids is 1. The van der Waals surface area contributed by atoms with E-state index in [-0.39, 0.29) is 12.5 Å². The maximum atomic E-state index is 10.4. The van der Waals surface area contributed by atoms with Crippen LogP contribution in [-0.4, -0.2) is 11.7 Å². The Bertz CT molecular complexity index is 499. The minimum Gasteiger partial charge on any atom is -0.550 e. The van der Waals surface area contributed by atoms with E-state index in [1.165, 1.54) is 0 Å². The smallest absolute Gasteiger partial charge is 0.157 e. The van der Waals surface area contributed by atoms with Crippen LogP contribution in [0.25, 0.3) is 0 Å². The zero-order valence-corrected chi connectivity index (χ0v) is 8.92. The molecule has 17 heavy (non-hydrogen) atoms. The van der Waals surface area contributed by atoms with Gasteiger partial charge in [-0.1, -0.05) is 17.3 Å². The van der Waals surface area contributed by atoms with Crippen molar-refractivity contribution in [3.63, 3.8) is 0 Å². The van der Waals surface area contributed by atoms with Crippen molar-refractivity contribution in [2.24, 2.45) is 5.16 Å². The number of carbonyl (C=O) groups excluding carboxylic acids is 1. The molecule has 0 aliphatic carbocycles. The first-order valence-corrected chi connectivity index (χ1v) is 5.10. The first-order valence-electron chi connectivity index (χ1n) is 5.10. The zero-order chi connectivity index (χ0) is 12.3.